The monoisotopic (exact) mass is 517 g/mol. The zero-order valence-electron chi connectivity index (χ0n) is 22.5. The number of rotatable bonds is 7. The van der Waals surface area contributed by atoms with Gasteiger partial charge in [-0.25, -0.2) is 0 Å². The maximum Gasteiger partial charge on any atom is 0.103 e. The summed E-state index contributed by atoms with van der Waals surface area (Å²) in [5, 5.41) is 14.4. The van der Waals surface area contributed by atoms with Crippen LogP contribution in [0.3, 0.4) is 0 Å². The summed E-state index contributed by atoms with van der Waals surface area (Å²) in [5.41, 5.74) is 7.40. The van der Waals surface area contributed by atoms with E-state index in [1.54, 1.807) is 12.4 Å². The first kappa shape index (κ1) is 25.3. The van der Waals surface area contributed by atoms with Gasteiger partial charge in [0.2, 0.25) is 0 Å². The van der Waals surface area contributed by atoms with Crippen molar-refractivity contribution in [3.05, 3.63) is 83.1 Å². The van der Waals surface area contributed by atoms with Gasteiger partial charge in [0.15, 0.2) is 0 Å². The molecule has 0 amide bonds. The van der Waals surface area contributed by atoms with Gasteiger partial charge in [-0.05, 0) is 106 Å². The SMILES string of the molecule is Cc1c(Nc2c(C#N)cncc2/C=C/c2ccc(CN3CCC(N4CCCC4)CC3)cn2)ccc2[nH]ccc12. The minimum absolute atomic E-state index is 0.502. The van der Waals surface area contributed by atoms with Gasteiger partial charge in [-0.15, -0.1) is 0 Å². The van der Waals surface area contributed by atoms with Crippen molar-refractivity contribution in [2.24, 2.45) is 0 Å². The van der Waals surface area contributed by atoms with Crippen LogP contribution in [-0.4, -0.2) is 57.0 Å². The molecule has 0 radical (unpaired) electrons. The average molecular weight is 518 g/mol. The van der Waals surface area contributed by atoms with Gasteiger partial charge in [-0.3, -0.25) is 14.9 Å². The third-order valence-electron chi connectivity index (χ3n) is 8.26. The molecule has 4 aromatic rings. The van der Waals surface area contributed by atoms with Crippen LogP contribution in [0.25, 0.3) is 23.1 Å². The zero-order chi connectivity index (χ0) is 26.6. The summed E-state index contributed by atoms with van der Waals surface area (Å²) in [7, 11) is 0. The molecule has 39 heavy (non-hydrogen) atoms. The third kappa shape index (κ3) is 5.58. The molecule has 2 N–H and O–H groups in total. The lowest BCUT2D eigenvalue weighted by atomic mass is 10.0. The number of likely N-dealkylation sites (tertiary alicyclic amines) is 2. The zero-order valence-corrected chi connectivity index (χ0v) is 22.5. The number of pyridine rings is 2. The van der Waals surface area contributed by atoms with Crippen LogP contribution in [0, 0.1) is 18.3 Å². The average Bonchev–Trinajstić information content (AvgIpc) is 3.68. The first-order valence-electron chi connectivity index (χ1n) is 14.0. The fourth-order valence-electron chi connectivity index (χ4n) is 5.99. The summed E-state index contributed by atoms with van der Waals surface area (Å²) in [6.07, 6.45) is 16.6. The summed E-state index contributed by atoms with van der Waals surface area (Å²) in [4.78, 5) is 17.5. The number of hydrogen-bond acceptors (Lipinski definition) is 6. The normalized spacial score (nSPS) is 17.2. The highest BCUT2D eigenvalue weighted by atomic mass is 15.2. The number of H-pyrrole nitrogens is 1. The highest BCUT2D eigenvalue weighted by molar-refractivity contribution is 5.90. The number of anilines is 2. The fourth-order valence-corrected chi connectivity index (χ4v) is 5.99. The van der Waals surface area contributed by atoms with Crippen LogP contribution in [0.4, 0.5) is 11.4 Å². The lowest BCUT2D eigenvalue weighted by Gasteiger charge is -2.36. The van der Waals surface area contributed by atoms with Crippen molar-refractivity contribution in [2.45, 2.75) is 45.2 Å². The van der Waals surface area contributed by atoms with Crippen molar-refractivity contribution in [1.29, 1.82) is 5.26 Å². The van der Waals surface area contributed by atoms with Gasteiger partial charge < -0.3 is 15.2 Å². The molecule has 7 heteroatoms. The number of fused-ring (bicyclic) bond motifs is 1. The van der Waals surface area contributed by atoms with Crippen LogP contribution in [0.1, 0.15) is 53.6 Å². The van der Waals surface area contributed by atoms with E-state index in [-0.39, 0.29) is 0 Å². The Hall–Kier alpha value is -3.99. The Bertz CT molecular complexity index is 1500. The Morgan fingerprint density at radius 2 is 1.87 bits per heavy atom. The van der Waals surface area contributed by atoms with Gasteiger partial charge in [0, 0.05) is 59.5 Å². The molecule has 7 nitrogen and oxygen atoms in total. The largest absolute Gasteiger partial charge is 0.361 e. The number of aromatic amines is 1. The van der Waals surface area contributed by atoms with E-state index in [1.165, 1.54) is 44.3 Å². The van der Waals surface area contributed by atoms with Crippen molar-refractivity contribution in [2.75, 3.05) is 31.5 Å². The third-order valence-corrected chi connectivity index (χ3v) is 8.26. The number of hydrogen-bond donors (Lipinski definition) is 2. The summed E-state index contributed by atoms with van der Waals surface area (Å²) in [5.74, 6) is 0. The van der Waals surface area contributed by atoms with E-state index in [9.17, 15) is 5.26 Å². The molecule has 2 saturated heterocycles. The van der Waals surface area contributed by atoms with Crippen LogP contribution in [0.2, 0.25) is 0 Å². The van der Waals surface area contributed by atoms with E-state index < -0.39 is 0 Å². The Labute approximate surface area is 230 Å². The molecular weight excluding hydrogens is 482 g/mol. The van der Waals surface area contributed by atoms with Gasteiger partial charge >= 0.3 is 0 Å². The van der Waals surface area contributed by atoms with E-state index in [0.717, 1.165) is 64.8 Å². The first-order chi connectivity index (χ1) is 19.2. The minimum atomic E-state index is 0.502. The maximum atomic E-state index is 9.77. The molecule has 2 fully saturated rings. The summed E-state index contributed by atoms with van der Waals surface area (Å²) >= 11 is 0. The van der Waals surface area contributed by atoms with Crippen molar-refractivity contribution < 1.29 is 0 Å². The molecule has 0 bridgehead atoms. The van der Waals surface area contributed by atoms with Gasteiger partial charge in [0.1, 0.15) is 6.07 Å². The highest BCUT2D eigenvalue weighted by Gasteiger charge is 2.26. The second-order valence-electron chi connectivity index (χ2n) is 10.7. The first-order valence-corrected chi connectivity index (χ1v) is 14.0. The molecule has 0 saturated carbocycles. The van der Waals surface area contributed by atoms with E-state index in [2.05, 4.69) is 62.3 Å². The quantitative estimate of drug-likeness (QED) is 0.308. The van der Waals surface area contributed by atoms with E-state index >= 15 is 0 Å². The topological polar surface area (TPSA) is 83.9 Å². The molecule has 0 aliphatic carbocycles. The smallest absolute Gasteiger partial charge is 0.103 e. The van der Waals surface area contributed by atoms with Crippen LogP contribution >= 0.6 is 0 Å². The number of nitriles is 1. The summed E-state index contributed by atoms with van der Waals surface area (Å²) in [6, 6.07) is 13.5. The molecule has 5 heterocycles. The second kappa shape index (κ2) is 11.4. The van der Waals surface area contributed by atoms with Crippen molar-refractivity contribution in [3.63, 3.8) is 0 Å². The fraction of sp³-hybridized carbons (Fsp3) is 0.344. The molecule has 2 aliphatic heterocycles. The predicted molar refractivity (Wildman–Crippen MR) is 158 cm³/mol. The standard InChI is InChI=1S/C32H35N7/c1-23-29-10-13-35-31(29)9-8-30(23)37-32-25(20-34-21-26(32)18-33)5-7-27-6-4-24(19-36-27)22-38-16-11-28(12-17-38)39-14-2-3-15-39/h4-10,13,19-21,28,35H,2-3,11-12,14-17,22H2,1H3,(H,34,37)/b7-5+. The van der Waals surface area contributed by atoms with Crippen LogP contribution in [0.15, 0.2) is 55.1 Å². The number of nitrogens with zero attached hydrogens (tertiary/aromatic N) is 5. The Morgan fingerprint density at radius 1 is 1.03 bits per heavy atom. The molecule has 0 unspecified atom stereocenters. The molecule has 6 rings (SSSR count). The number of benzene rings is 1. The van der Waals surface area contributed by atoms with Crippen LogP contribution < -0.4 is 5.32 Å². The van der Waals surface area contributed by atoms with Gasteiger partial charge in [0.25, 0.3) is 0 Å². The number of piperidine rings is 1. The molecule has 0 atom stereocenters. The molecule has 2 aliphatic rings. The molecule has 198 valence electrons. The molecule has 3 aromatic heterocycles. The van der Waals surface area contributed by atoms with Crippen LogP contribution in [0.5, 0.6) is 0 Å². The van der Waals surface area contributed by atoms with Crippen molar-refractivity contribution in [3.8, 4) is 6.07 Å². The van der Waals surface area contributed by atoms with Gasteiger partial charge in [-0.2, -0.15) is 5.26 Å². The van der Waals surface area contributed by atoms with E-state index in [0.29, 0.717) is 5.56 Å². The Balaban J connectivity index is 1.13. The van der Waals surface area contributed by atoms with Gasteiger partial charge in [-0.1, -0.05) is 6.07 Å². The molecular formula is C32H35N7. The molecule has 0 spiro atoms. The summed E-state index contributed by atoms with van der Waals surface area (Å²) in [6.45, 7) is 7.95. The van der Waals surface area contributed by atoms with E-state index in [4.69, 9.17) is 4.98 Å². The predicted octanol–water partition coefficient (Wildman–Crippen LogP) is 6.11. The van der Waals surface area contributed by atoms with Crippen molar-refractivity contribution in [1.82, 2.24) is 24.8 Å². The van der Waals surface area contributed by atoms with E-state index in [1.807, 2.05) is 30.6 Å². The van der Waals surface area contributed by atoms with Crippen LogP contribution in [-0.2, 0) is 6.54 Å². The minimum Gasteiger partial charge on any atom is -0.361 e. The lowest BCUT2D eigenvalue weighted by molar-refractivity contribution is 0.122. The Kier molecular flexibility index (Phi) is 7.40. The number of aromatic nitrogens is 3. The van der Waals surface area contributed by atoms with Gasteiger partial charge in [0.05, 0.1) is 16.9 Å². The summed E-state index contributed by atoms with van der Waals surface area (Å²) < 4.78 is 0. The lowest BCUT2D eigenvalue weighted by Crippen LogP contribution is -2.43. The molecule has 1 aromatic carbocycles. The second-order valence-corrected chi connectivity index (χ2v) is 10.7. The Morgan fingerprint density at radius 3 is 2.64 bits per heavy atom. The highest BCUT2D eigenvalue weighted by Crippen LogP contribution is 2.31. The number of nitrogens with one attached hydrogen (secondary N) is 2. The maximum absolute atomic E-state index is 9.77. The number of aryl methyl sites for hydroxylation is 1. The van der Waals surface area contributed by atoms with Crippen molar-refractivity contribution >= 4 is 34.4 Å².